The van der Waals surface area contributed by atoms with Crippen LogP contribution in [-0.2, 0) is 0 Å². The lowest BCUT2D eigenvalue weighted by atomic mass is 9.89. The number of nitrogens with zero attached hydrogens (tertiary/aromatic N) is 2. The second-order valence-electron chi connectivity index (χ2n) is 6.04. The second kappa shape index (κ2) is 6.88. The van der Waals surface area contributed by atoms with Crippen molar-refractivity contribution in [3.63, 3.8) is 0 Å². The molecule has 1 N–H and O–H groups in total. The molecular formula is C15H31N3. The van der Waals surface area contributed by atoms with Crippen molar-refractivity contribution in [1.82, 2.24) is 15.1 Å². The molecule has 0 amide bonds. The molecule has 1 aliphatic heterocycles. The lowest BCUT2D eigenvalue weighted by Gasteiger charge is -2.45. The first-order valence-corrected chi connectivity index (χ1v) is 7.96. The van der Waals surface area contributed by atoms with E-state index >= 15 is 0 Å². The van der Waals surface area contributed by atoms with Crippen molar-refractivity contribution in [3.05, 3.63) is 0 Å². The van der Waals surface area contributed by atoms with E-state index in [0.29, 0.717) is 0 Å². The van der Waals surface area contributed by atoms with Crippen LogP contribution in [0.1, 0.15) is 46.5 Å². The Bertz CT molecular complexity index is 236. The van der Waals surface area contributed by atoms with E-state index in [9.17, 15) is 0 Å². The second-order valence-corrected chi connectivity index (χ2v) is 6.04. The van der Waals surface area contributed by atoms with Gasteiger partial charge in [-0.15, -0.1) is 0 Å². The summed E-state index contributed by atoms with van der Waals surface area (Å²) < 4.78 is 0. The van der Waals surface area contributed by atoms with E-state index in [2.05, 4.69) is 35.9 Å². The van der Waals surface area contributed by atoms with Gasteiger partial charge in [-0.3, -0.25) is 9.80 Å². The van der Waals surface area contributed by atoms with Gasteiger partial charge >= 0.3 is 0 Å². The summed E-state index contributed by atoms with van der Waals surface area (Å²) in [5.41, 5.74) is 0. The number of likely N-dealkylation sites (N-methyl/N-ethyl adjacent to an activating group) is 1. The van der Waals surface area contributed by atoms with E-state index < -0.39 is 0 Å². The molecule has 1 unspecified atom stereocenters. The van der Waals surface area contributed by atoms with Crippen LogP contribution in [0.4, 0.5) is 0 Å². The Hall–Kier alpha value is -0.120. The molecule has 2 rings (SSSR count). The van der Waals surface area contributed by atoms with Crippen molar-refractivity contribution in [2.24, 2.45) is 0 Å². The van der Waals surface area contributed by atoms with Gasteiger partial charge < -0.3 is 5.32 Å². The summed E-state index contributed by atoms with van der Waals surface area (Å²) in [5.74, 6) is 0. The summed E-state index contributed by atoms with van der Waals surface area (Å²) in [7, 11) is 0. The van der Waals surface area contributed by atoms with Crippen molar-refractivity contribution in [3.8, 4) is 0 Å². The smallest absolute Gasteiger partial charge is 0.0195 e. The van der Waals surface area contributed by atoms with E-state index in [1.165, 1.54) is 51.9 Å². The van der Waals surface area contributed by atoms with Gasteiger partial charge in [-0.1, -0.05) is 13.8 Å². The van der Waals surface area contributed by atoms with Gasteiger partial charge in [0.15, 0.2) is 0 Å². The zero-order valence-corrected chi connectivity index (χ0v) is 12.5. The number of hydrogen-bond donors (Lipinski definition) is 1. The maximum absolute atomic E-state index is 3.61. The van der Waals surface area contributed by atoms with Gasteiger partial charge in [-0.25, -0.2) is 0 Å². The minimum absolute atomic E-state index is 0.746. The minimum atomic E-state index is 0.746. The lowest BCUT2D eigenvalue weighted by Crippen LogP contribution is -2.55. The molecule has 1 aliphatic carbocycles. The average Bonchev–Trinajstić information content (AvgIpc) is 2.40. The van der Waals surface area contributed by atoms with Gasteiger partial charge in [0, 0.05) is 37.8 Å². The zero-order valence-electron chi connectivity index (χ0n) is 12.5. The van der Waals surface area contributed by atoms with Gasteiger partial charge in [0.05, 0.1) is 0 Å². The molecular weight excluding hydrogens is 222 g/mol. The van der Waals surface area contributed by atoms with Crippen LogP contribution in [0.3, 0.4) is 0 Å². The Labute approximate surface area is 113 Å². The van der Waals surface area contributed by atoms with Crippen LogP contribution in [-0.4, -0.2) is 60.6 Å². The van der Waals surface area contributed by atoms with Gasteiger partial charge in [0.1, 0.15) is 0 Å². The first-order valence-electron chi connectivity index (χ1n) is 7.96. The largest absolute Gasteiger partial charge is 0.314 e. The molecule has 1 heterocycles. The highest BCUT2D eigenvalue weighted by Gasteiger charge is 2.30. The van der Waals surface area contributed by atoms with Crippen LogP contribution >= 0.6 is 0 Å². The van der Waals surface area contributed by atoms with Crippen molar-refractivity contribution in [2.45, 2.75) is 64.6 Å². The van der Waals surface area contributed by atoms with Crippen LogP contribution in [0.15, 0.2) is 0 Å². The molecule has 0 bridgehead atoms. The fourth-order valence-electron chi connectivity index (χ4n) is 3.76. The first-order chi connectivity index (χ1) is 8.74. The maximum Gasteiger partial charge on any atom is 0.0195 e. The zero-order chi connectivity index (χ0) is 13.0. The topological polar surface area (TPSA) is 18.5 Å². The van der Waals surface area contributed by atoms with Gasteiger partial charge in [0.2, 0.25) is 0 Å². The van der Waals surface area contributed by atoms with Gasteiger partial charge in [-0.2, -0.15) is 0 Å². The molecule has 106 valence electrons. The predicted molar refractivity (Wildman–Crippen MR) is 78.0 cm³/mol. The van der Waals surface area contributed by atoms with Crippen LogP contribution in [0.25, 0.3) is 0 Å². The quantitative estimate of drug-likeness (QED) is 0.826. The summed E-state index contributed by atoms with van der Waals surface area (Å²) in [6.07, 6.45) is 5.55. The Morgan fingerprint density at radius 2 is 1.78 bits per heavy atom. The van der Waals surface area contributed by atoms with E-state index in [1.807, 2.05) is 0 Å². The third-order valence-electron chi connectivity index (χ3n) is 4.91. The fraction of sp³-hybridized carbons (Fsp3) is 1.00. The molecule has 3 heteroatoms. The molecule has 1 atom stereocenters. The Kier molecular flexibility index (Phi) is 5.46. The lowest BCUT2D eigenvalue weighted by molar-refractivity contribution is 0.0431. The summed E-state index contributed by atoms with van der Waals surface area (Å²) in [6, 6.07) is 2.40. The summed E-state index contributed by atoms with van der Waals surface area (Å²) >= 11 is 0. The number of nitrogens with one attached hydrogen (secondary N) is 1. The summed E-state index contributed by atoms with van der Waals surface area (Å²) in [5, 5.41) is 3.61. The molecule has 0 aromatic heterocycles. The predicted octanol–water partition coefficient (Wildman–Crippen LogP) is 1.93. The van der Waals surface area contributed by atoms with Crippen molar-refractivity contribution >= 4 is 0 Å². The van der Waals surface area contributed by atoms with E-state index in [-0.39, 0.29) is 0 Å². The number of rotatable bonds is 4. The highest BCUT2D eigenvalue weighted by atomic mass is 15.3. The van der Waals surface area contributed by atoms with Crippen LogP contribution in [0.2, 0.25) is 0 Å². The SMILES string of the molecule is CCNC1CCC(N2CCN(CC)C(C)C2)CC1. The molecule has 18 heavy (non-hydrogen) atoms. The Morgan fingerprint density at radius 3 is 2.33 bits per heavy atom. The van der Waals surface area contributed by atoms with Crippen LogP contribution in [0.5, 0.6) is 0 Å². The number of hydrogen-bond acceptors (Lipinski definition) is 3. The molecule has 0 aromatic rings. The molecule has 3 nitrogen and oxygen atoms in total. The van der Waals surface area contributed by atoms with Gasteiger partial charge in [-0.05, 0) is 45.7 Å². The Morgan fingerprint density at radius 1 is 1.06 bits per heavy atom. The normalized spacial score (nSPS) is 35.8. The third kappa shape index (κ3) is 3.46. The number of piperazine rings is 1. The van der Waals surface area contributed by atoms with Crippen molar-refractivity contribution in [1.29, 1.82) is 0 Å². The van der Waals surface area contributed by atoms with E-state index in [4.69, 9.17) is 0 Å². The van der Waals surface area contributed by atoms with E-state index in [1.54, 1.807) is 0 Å². The molecule has 0 radical (unpaired) electrons. The molecule has 1 saturated heterocycles. The molecule has 0 spiro atoms. The third-order valence-corrected chi connectivity index (χ3v) is 4.91. The minimum Gasteiger partial charge on any atom is -0.314 e. The Balaban J connectivity index is 1.77. The molecule has 1 saturated carbocycles. The summed E-state index contributed by atoms with van der Waals surface area (Å²) in [6.45, 7) is 13.1. The van der Waals surface area contributed by atoms with E-state index in [0.717, 1.165) is 24.7 Å². The monoisotopic (exact) mass is 253 g/mol. The standard InChI is InChI=1S/C15H31N3/c1-4-16-14-6-8-15(9-7-14)18-11-10-17(5-2)13(3)12-18/h13-16H,4-12H2,1-3H3. The molecule has 2 fully saturated rings. The van der Waals surface area contributed by atoms with Crippen LogP contribution in [0, 0.1) is 0 Å². The highest BCUT2D eigenvalue weighted by molar-refractivity contribution is 4.87. The fourth-order valence-corrected chi connectivity index (χ4v) is 3.76. The van der Waals surface area contributed by atoms with Crippen molar-refractivity contribution in [2.75, 3.05) is 32.7 Å². The average molecular weight is 253 g/mol. The van der Waals surface area contributed by atoms with Gasteiger partial charge in [0.25, 0.3) is 0 Å². The highest BCUT2D eigenvalue weighted by Crippen LogP contribution is 2.25. The van der Waals surface area contributed by atoms with Crippen LogP contribution < -0.4 is 5.32 Å². The van der Waals surface area contributed by atoms with Crippen molar-refractivity contribution < 1.29 is 0 Å². The molecule has 2 aliphatic rings. The first kappa shape index (κ1) is 14.3. The maximum atomic E-state index is 3.61. The molecule has 0 aromatic carbocycles. The summed E-state index contributed by atoms with van der Waals surface area (Å²) in [4.78, 5) is 5.37.